The summed E-state index contributed by atoms with van der Waals surface area (Å²) in [5.74, 6) is -1.04. The number of nitrogens with zero attached hydrogens (tertiary/aromatic N) is 2. The van der Waals surface area contributed by atoms with Crippen LogP contribution in [0.25, 0.3) is 0 Å². The number of carbonyl (C=O) groups is 2. The van der Waals surface area contributed by atoms with Crippen molar-refractivity contribution in [3.05, 3.63) is 42.5 Å². The number of carboxylic acid groups (broad SMARTS) is 1. The Morgan fingerprint density at radius 3 is 2.60 bits per heavy atom. The van der Waals surface area contributed by atoms with Gasteiger partial charge in [0, 0.05) is 18.8 Å². The summed E-state index contributed by atoms with van der Waals surface area (Å²) in [6, 6.07) is 7.21. The Labute approximate surface area is 119 Å². The average Bonchev–Trinajstić information content (AvgIpc) is 2.38. The van der Waals surface area contributed by atoms with Gasteiger partial charge in [0.2, 0.25) is 0 Å². The van der Waals surface area contributed by atoms with Gasteiger partial charge in [-0.1, -0.05) is 18.2 Å². The third-order valence-corrected chi connectivity index (χ3v) is 2.81. The molecule has 1 N–H and O–H groups in total. The lowest BCUT2D eigenvalue weighted by Crippen LogP contribution is -2.45. The van der Waals surface area contributed by atoms with E-state index in [1.54, 1.807) is 4.90 Å². The van der Waals surface area contributed by atoms with E-state index >= 15 is 0 Å². The maximum atomic E-state index is 12.5. The summed E-state index contributed by atoms with van der Waals surface area (Å²) in [5, 5.41) is 8.88. The largest absolute Gasteiger partial charge is 0.480 e. The number of hydrogen-bond donors (Lipinski definition) is 1. The fourth-order valence-electron chi connectivity index (χ4n) is 1.92. The first kappa shape index (κ1) is 15.8. The average molecular weight is 276 g/mol. The molecule has 108 valence electrons. The van der Waals surface area contributed by atoms with Crippen molar-refractivity contribution in [3.8, 4) is 0 Å². The first-order valence-electron chi connectivity index (χ1n) is 6.45. The molecule has 0 aromatic heterocycles. The van der Waals surface area contributed by atoms with E-state index in [2.05, 4.69) is 6.58 Å². The van der Waals surface area contributed by atoms with Crippen molar-refractivity contribution in [1.82, 2.24) is 4.90 Å². The smallest absolute Gasteiger partial charge is 0.325 e. The molecule has 0 aliphatic rings. The third kappa shape index (κ3) is 4.12. The quantitative estimate of drug-likeness (QED) is 0.812. The van der Waals surface area contributed by atoms with Crippen molar-refractivity contribution < 1.29 is 14.7 Å². The number of anilines is 1. The highest BCUT2D eigenvalue weighted by atomic mass is 16.4. The van der Waals surface area contributed by atoms with Gasteiger partial charge >= 0.3 is 12.0 Å². The predicted octanol–water partition coefficient (Wildman–Crippen LogP) is 2.51. The summed E-state index contributed by atoms with van der Waals surface area (Å²) in [7, 11) is 0. The molecule has 0 unspecified atom stereocenters. The summed E-state index contributed by atoms with van der Waals surface area (Å²) in [4.78, 5) is 26.1. The molecule has 5 heteroatoms. The molecular formula is C15H20N2O3. The zero-order chi connectivity index (χ0) is 15.1. The maximum Gasteiger partial charge on any atom is 0.325 e. The van der Waals surface area contributed by atoms with Crippen LogP contribution in [-0.2, 0) is 4.79 Å². The van der Waals surface area contributed by atoms with E-state index in [0.717, 1.165) is 11.3 Å². The lowest BCUT2D eigenvalue weighted by Gasteiger charge is -2.28. The Hall–Kier alpha value is -2.30. The van der Waals surface area contributed by atoms with Crippen LogP contribution in [0, 0.1) is 6.92 Å². The van der Waals surface area contributed by atoms with Crippen molar-refractivity contribution >= 4 is 17.7 Å². The fraction of sp³-hybridized carbons (Fsp3) is 0.333. The first-order valence-corrected chi connectivity index (χ1v) is 6.45. The molecular weight excluding hydrogens is 256 g/mol. The second kappa shape index (κ2) is 7.33. The van der Waals surface area contributed by atoms with E-state index in [-0.39, 0.29) is 19.1 Å². The van der Waals surface area contributed by atoms with Crippen LogP contribution >= 0.6 is 0 Å². The van der Waals surface area contributed by atoms with Crippen LogP contribution in [0.5, 0.6) is 0 Å². The minimum atomic E-state index is -1.04. The SMILES string of the molecule is C=CCN(CC(=O)O)C(=O)N(CC)c1cccc(C)c1. The van der Waals surface area contributed by atoms with Crippen molar-refractivity contribution in [3.63, 3.8) is 0 Å². The minimum absolute atomic E-state index is 0.202. The van der Waals surface area contributed by atoms with Crippen molar-refractivity contribution in [2.75, 3.05) is 24.5 Å². The van der Waals surface area contributed by atoms with Crippen LogP contribution in [0.4, 0.5) is 10.5 Å². The number of benzene rings is 1. The molecule has 0 heterocycles. The maximum absolute atomic E-state index is 12.5. The second-order valence-electron chi connectivity index (χ2n) is 4.43. The normalized spacial score (nSPS) is 9.90. The number of aliphatic carboxylic acids is 1. The van der Waals surface area contributed by atoms with Crippen LogP contribution in [0.15, 0.2) is 36.9 Å². The molecule has 5 nitrogen and oxygen atoms in total. The van der Waals surface area contributed by atoms with Gasteiger partial charge in [-0.3, -0.25) is 9.69 Å². The molecule has 0 radical (unpaired) electrons. The Balaban J connectivity index is 2.99. The summed E-state index contributed by atoms with van der Waals surface area (Å²) in [6.07, 6.45) is 1.52. The number of rotatable bonds is 6. The molecule has 0 aliphatic carbocycles. The predicted molar refractivity (Wildman–Crippen MR) is 79.0 cm³/mol. The van der Waals surface area contributed by atoms with E-state index in [9.17, 15) is 9.59 Å². The molecule has 0 bridgehead atoms. The number of urea groups is 1. The highest BCUT2D eigenvalue weighted by Crippen LogP contribution is 2.17. The van der Waals surface area contributed by atoms with E-state index in [0.29, 0.717) is 6.54 Å². The van der Waals surface area contributed by atoms with Gasteiger partial charge in [0.05, 0.1) is 0 Å². The van der Waals surface area contributed by atoms with Gasteiger partial charge in [-0.15, -0.1) is 6.58 Å². The Bertz CT molecular complexity index is 500. The summed E-state index contributed by atoms with van der Waals surface area (Å²) < 4.78 is 0. The summed E-state index contributed by atoms with van der Waals surface area (Å²) in [5.41, 5.74) is 1.80. The lowest BCUT2D eigenvalue weighted by atomic mass is 10.2. The molecule has 0 spiro atoms. The van der Waals surface area contributed by atoms with E-state index in [4.69, 9.17) is 5.11 Å². The zero-order valence-corrected chi connectivity index (χ0v) is 11.9. The van der Waals surface area contributed by atoms with Gasteiger partial charge < -0.3 is 10.0 Å². The molecule has 0 atom stereocenters. The van der Waals surface area contributed by atoms with Gasteiger partial charge in [0.1, 0.15) is 6.54 Å². The third-order valence-electron chi connectivity index (χ3n) is 2.81. The Morgan fingerprint density at radius 2 is 2.10 bits per heavy atom. The molecule has 2 amide bonds. The second-order valence-corrected chi connectivity index (χ2v) is 4.43. The fourth-order valence-corrected chi connectivity index (χ4v) is 1.92. The number of aryl methyl sites for hydroxylation is 1. The van der Waals surface area contributed by atoms with Crippen molar-refractivity contribution in [1.29, 1.82) is 0 Å². The Kier molecular flexibility index (Phi) is 5.77. The van der Waals surface area contributed by atoms with E-state index in [1.807, 2.05) is 38.1 Å². The highest BCUT2D eigenvalue weighted by Gasteiger charge is 2.22. The van der Waals surface area contributed by atoms with E-state index < -0.39 is 5.97 Å². The number of hydrogen-bond acceptors (Lipinski definition) is 2. The van der Waals surface area contributed by atoms with E-state index in [1.165, 1.54) is 11.0 Å². The highest BCUT2D eigenvalue weighted by molar-refractivity contribution is 5.93. The molecule has 1 aromatic carbocycles. The topological polar surface area (TPSA) is 60.9 Å². The molecule has 1 aromatic rings. The molecule has 20 heavy (non-hydrogen) atoms. The van der Waals surface area contributed by atoms with Gasteiger partial charge in [-0.25, -0.2) is 4.79 Å². The standard InChI is InChI=1S/C15H20N2O3/c1-4-9-16(11-14(18)19)15(20)17(5-2)13-8-6-7-12(3)10-13/h4,6-8,10H,1,5,9,11H2,2-3H3,(H,18,19). The van der Waals surface area contributed by atoms with Gasteiger partial charge in [-0.2, -0.15) is 0 Å². The molecule has 1 rings (SSSR count). The summed E-state index contributed by atoms with van der Waals surface area (Å²) in [6.45, 7) is 7.69. The van der Waals surface area contributed by atoms with Crippen LogP contribution < -0.4 is 4.90 Å². The summed E-state index contributed by atoms with van der Waals surface area (Å²) >= 11 is 0. The number of carbonyl (C=O) groups excluding carboxylic acids is 1. The molecule has 0 fully saturated rings. The van der Waals surface area contributed by atoms with Crippen molar-refractivity contribution in [2.24, 2.45) is 0 Å². The monoisotopic (exact) mass is 276 g/mol. The van der Waals surface area contributed by atoms with Gasteiger partial charge in [0.25, 0.3) is 0 Å². The number of carboxylic acids is 1. The lowest BCUT2D eigenvalue weighted by molar-refractivity contribution is -0.137. The minimum Gasteiger partial charge on any atom is -0.480 e. The van der Waals surface area contributed by atoms with Gasteiger partial charge in [-0.05, 0) is 31.5 Å². The van der Waals surface area contributed by atoms with Crippen LogP contribution in [-0.4, -0.2) is 41.6 Å². The number of amides is 2. The molecule has 0 saturated carbocycles. The van der Waals surface area contributed by atoms with Crippen molar-refractivity contribution in [2.45, 2.75) is 13.8 Å². The Morgan fingerprint density at radius 1 is 1.40 bits per heavy atom. The molecule has 0 saturated heterocycles. The first-order chi connectivity index (χ1) is 9.49. The zero-order valence-electron chi connectivity index (χ0n) is 11.9. The van der Waals surface area contributed by atoms with Gasteiger partial charge in [0.15, 0.2) is 0 Å². The molecule has 0 aliphatic heterocycles. The van der Waals surface area contributed by atoms with Crippen LogP contribution in [0.3, 0.4) is 0 Å². The van der Waals surface area contributed by atoms with Crippen LogP contribution in [0.1, 0.15) is 12.5 Å². The van der Waals surface area contributed by atoms with Crippen LogP contribution in [0.2, 0.25) is 0 Å².